The third-order valence-corrected chi connectivity index (χ3v) is 6.88. The molecular weight excluding hydrogens is 549 g/mol. The molecule has 0 radical (unpaired) electrons. The minimum atomic E-state index is -4.43. The molecule has 1 unspecified atom stereocenters. The van der Waals surface area contributed by atoms with E-state index in [0.717, 1.165) is 28.6 Å². The number of alkyl halides is 3. The molecule has 2 heterocycles. The van der Waals surface area contributed by atoms with Gasteiger partial charge in [0.15, 0.2) is 0 Å². The fourth-order valence-corrected chi connectivity index (χ4v) is 4.93. The van der Waals surface area contributed by atoms with Gasteiger partial charge in [0.1, 0.15) is 11.4 Å². The maximum atomic E-state index is 13.3. The molecule has 2 aromatic heterocycles. The van der Waals surface area contributed by atoms with E-state index in [1.807, 2.05) is 29.8 Å². The van der Waals surface area contributed by atoms with Gasteiger partial charge in [-0.1, -0.05) is 26.0 Å². The van der Waals surface area contributed by atoms with Crippen molar-refractivity contribution in [2.24, 2.45) is 5.92 Å². The van der Waals surface area contributed by atoms with E-state index >= 15 is 0 Å². The Morgan fingerprint density at radius 2 is 1.81 bits per heavy atom. The molecule has 1 amide bonds. The molecule has 0 fully saturated rings. The molecule has 0 aliphatic heterocycles. The van der Waals surface area contributed by atoms with Gasteiger partial charge in [-0.3, -0.25) is 19.3 Å². The van der Waals surface area contributed by atoms with Gasteiger partial charge in [0.25, 0.3) is 5.91 Å². The Morgan fingerprint density at radius 1 is 1.07 bits per heavy atom. The number of pyridine rings is 1. The van der Waals surface area contributed by atoms with Crippen molar-refractivity contribution >= 4 is 22.8 Å². The average Bonchev–Trinajstić information content (AvgIpc) is 3.36. The number of aromatic nitrogens is 3. The molecule has 0 saturated carbocycles. The Kier molecular flexibility index (Phi) is 9.18. The fourth-order valence-electron chi connectivity index (χ4n) is 4.93. The number of carbonyl (C=O) groups excluding carboxylic acids is 1. The van der Waals surface area contributed by atoms with Crippen LogP contribution in [-0.4, -0.2) is 44.9 Å². The summed E-state index contributed by atoms with van der Waals surface area (Å²) in [5, 5.41) is 16.8. The van der Waals surface area contributed by atoms with Crippen LogP contribution in [0.25, 0.3) is 22.0 Å². The topological polar surface area (TPSA) is 106 Å². The maximum Gasteiger partial charge on any atom is 0.416 e. The second-order valence-electron chi connectivity index (χ2n) is 10.4. The largest absolute Gasteiger partial charge is 0.492 e. The number of carboxylic acids is 1. The van der Waals surface area contributed by atoms with Crippen molar-refractivity contribution in [3.63, 3.8) is 0 Å². The summed E-state index contributed by atoms with van der Waals surface area (Å²) in [4.78, 5) is 27.4. The van der Waals surface area contributed by atoms with Gasteiger partial charge in [-0.25, -0.2) is 0 Å². The number of halogens is 3. The quantitative estimate of drug-likeness (QED) is 0.205. The fraction of sp³-hybridized carbons (Fsp3) is 0.355. The van der Waals surface area contributed by atoms with Crippen molar-refractivity contribution in [3.05, 3.63) is 77.2 Å². The van der Waals surface area contributed by atoms with Crippen molar-refractivity contribution in [1.29, 1.82) is 0 Å². The van der Waals surface area contributed by atoms with E-state index in [9.17, 15) is 22.8 Å². The molecular formula is C31H33F3N4O4. The van der Waals surface area contributed by atoms with Gasteiger partial charge in [-0.15, -0.1) is 0 Å². The molecule has 0 bridgehead atoms. The summed E-state index contributed by atoms with van der Waals surface area (Å²) in [6.07, 6.45) is -0.576. The van der Waals surface area contributed by atoms with Crippen molar-refractivity contribution < 1.29 is 32.6 Å². The number of carbonyl (C=O) groups is 2. The summed E-state index contributed by atoms with van der Waals surface area (Å²) >= 11 is 0. The Labute approximate surface area is 241 Å². The summed E-state index contributed by atoms with van der Waals surface area (Å²) < 4.78 is 47.8. The molecule has 8 nitrogen and oxygen atoms in total. The molecule has 11 heteroatoms. The number of nitrogens with one attached hydrogen (secondary N) is 1. The molecule has 4 aromatic rings. The summed E-state index contributed by atoms with van der Waals surface area (Å²) in [6, 6.07) is 10.6. The third-order valence-electron chi connectivity index (χ3n) is 6.88. The molecule has 2 aromatic carbocycles. The summed E-state index contributed by atoms with van der Waals surface area (Å²) in [7, 11) is 0. The molecule has 1 atom stereocenters. The summed E-state index contributed by atoms with van der Waals surface area (Å²) in [5.74, 6) is -0.636. The smallest absolute Gasteiger partial charge is 0.416 e. The highest BCUT2D eigenvalue weighted by Gasteiger charge is 2.31. The van der Waals surface area contributed by atoms with Crippen LogP contribution in [0, 0.1) is 12.8 Å². The Hall–Kier alpha value is -4.41. The molecule has 42 heavy (non-hydrogen) atoms. The van der Waals surface area contributed by atoms with E-state index < -0.39 is 23.6 Å². The number of hydrogen-bond donors (Lipinski definition) is 2. The first-order valence-corrected chi connectivity index (χ1v) is 13.7. The highest BCUT2D eigenvalue weighted by atomic mass is 19.4. The van der Waals surface area contributed by atoms with E-state index in [-0.39, 0.29) is 30.6 Å². The van der Waals surface area contributed by atoms with Crippen molar-refractivity contribution in [2.75, 3.05) is 13.2 Å². The molecule has 4 rings (SSSR count). The first kappa shape index (κ1) is 30.5. The highest BCUT2D eigenvalue weighted by molar-refractivity contribution is 5.94. The van der Waals surface area contributed by atoms with Gasteiger partial charge in [0.05, 0.1) is 41.7 Å². The first-order valence-electron chi connectivity index (χ1n) is 13.7. The van der Waals surface area contributed by atoms with Gasteiger partial charge in [0, 0.05) is 18.3 Å². The number of ether oxygens (including phenoxy) is 1. The van der Waals surface area contributed by atoms with Gasteiger partial charge < -0.3 is 15.2 Å². The van der Waals surface area contributed by atoms with Gasteiger partial charge in [0.2, 0.25) is 0 Å². The lowest BCUT2D eigenvalue weighted by Crippen LogP contribution is -2.27. The van der Waals surface area contributed by atoms with Crippen LogP contribution in [0.3, 0.4) is 0 Å². The van der Waals surface area contributed by atoms with Gasteiger partial charge in [-0.2, -0.15) is 18.3 Å². The molecule has 0 aliphatic carbocycles. The lowest BCUT2D eigenvalue weighted by molar-refractivity contribution is -0.138. The van der Waals surface area contributed by atoms with Crippen molar-refractivity contribution in [1.82, 2.24) is 20.1 Å². The highest BCUT2D eigenvalue weighted by Crippen LogP contribution is 2.41. The lowest BCUT2D eigenvalue weighted by Gasteiger charge is -2.22. The lowest BCUT2D eigenvalue weighted by atomic mass is 9.95. The number of benzene rings is 2. The number of fused-ring (bicyclic) bond motifs is 1. The molecule has 0 aliphatic rings. The number of carboxylic acid groups (broad SMARTS) is 1. The van der Waals surface area contributed by atoms with Crippen LogP contribution in [0.5, 0.6) is 5.75 Å². The van der Waals surface area contributed by atoms with Crippen LogP contribution >= 0.6 is 0 Å². The zero-order chi connectivity index (χ0) is 30.6. The average molecular weight is 583 g/mol. The Balaban J connectivity index is 1.73. The number of aliphatic carboxylic acids is 1. The minimum Gasteiger partial charge on any atom is -0.492 e. The van der Waals surface area contributed by atoms with Crippen LogP contribution in [-0.2, 0) is 11.0 Å². The first-order chi connectivity index (χ1) is 19.9. The molecule has 2 N–H and O–H groups in total. The number of amides is 1. The number of nitrogens with zero attached hydrogens (tertiary/aromatic N) is 3. The Bertz CT molecular complexity index is 1580. The second-order valence-corrected chi connectivity index (χ2v) is 10.4. The standard InChI is InChI=1S/C31H33F3N4O4/c1-5-42-29-23(22-8-7-21(15-19(22)4)31(32,33)34)9-11-26-24(29)17-37-38(26)27(14-18(2)3)20-6-10-25(36-16-20)30(41)35-13-12-28(39)40/h6-11,15-18,27H,5,12-14H2,1-4H3,(H,35,41)(H,39,40). The zero-order valence-electron chi connectivity index (χ0n) is 23.8. The predicted molar refractivity (Wildman–Crippen MR) is 152 cm³/mol. The van der Waals surface area contributed by atoms with Crippen LogP contribution in [0.15, 0.2) is 54.9 Å². The summed E-state index contributed by atoms with van der Waals surface area (Å²) in [6.45, 7) is 8.03. The molecule has 0 spiro atoms. The van der Waals surface area contributed by atoms with E-state index in [1.54, 1.807) is 25.4 Å². The Morgan fingerprint density at radius 3 is 2.40 bits per heavy atom. The predicted octanol–water partition coefficient (Wildman–Crippen LogP) is 6.66. The second kappa shape index (κ2) is 12.6. The van der Waals surface area contributed by atoms with E-state index in [1.165, 1.54) is 6.07 Å². The molecule has 0 saturated heterocycles. The van der Waals surface area contributed by atoms with Crippen molar-refractivity contribution in [2.45, 2.75) is 52.8 Å². The number of rotatable bonds is 11. The summed E-state index contributed by atoms with van der Waals surface area (Å²) in [5.41, 5.74) is 2.88. The zero-order valence-corrected chi connectivity index (χ0v) is 23.8. The maximum absolute atomic E-state index is 13.3. The van der Waals surface area contributed by atoms with Gasteiger partial charge in [-0.05, 0) is 73.2 Å². The number of aryl methyl sites for hydroxylation is 1. The normalized spacial score (nSPS) is 12.5. The van der Waals surface area contributed by atoms with Crippen molar-refractivity contribution in [3.8, 4) is 16.9 Å². The van der Waals surface area contributed by atoms with E-state index in [4.69, 9.17) is 14.9 Å². The van der Waals surface area contributed by atoms with Crippen LogP contribution in [0.1, 0.15) is 66.8 Å². The van der Waals surface area contributed by atoms with E-state index in [0.29, 0.717) is 35.5 Å². The van der Waals surface area contributed by atoms with Crippen LogP contribution in [0.2, 0.25) is 0 Å². The third kappa shape index (κ3) is 6.72. The number of hydrogen-bond acceptors (Lipinski definition) is 5. The van der Waals surface area contributed by atoms with Crippen LogP contribution in [0.4, 0.5) is 13.2 Å². The molecule has 222 valence electrons. The van der Waals surface area contributed by atoms with Gasteiger partial charge >= 0.3 is 12.1 Å². The van der Waals surface area contributed by atoms with Crippen LogP contribution < -0.4 is 10.1 Å². The monoisotopic (exact) mass is 582 g/mol. The van der Waals surface area contributed by atoms with E-state index in [2.05, 4.69) is 24.1 Å². The SMILES string of the molecule is CCOc1c(-c2ccc(C(F)(F)F)cc2C)ccc2c1cnn2C(CC(C)C)c1ccc(C(=O)NCCC(=O)O)nc1. The minimum absolute atomic E-state index is 0.00298.